The van der Waals surface area contributed by atoms with Crippen molar-refractivity contribution in [3.8, 4) is 0 Å². The summed E-state index contributed by atoms with van der Waals surface area (Å²) in [6.07, 6.45) is 2.46. The van der Waals surface area contributed by atoms with E-state index >= 15 is 0 Å². The Morgan fingerprint density at radius 2 is 1.94 bits per heavy atom. The minimum absolute atomic E-state index is 0.517. The summed E-state index contributed by atoms with van der Waals surface area (Å²) in [5.74, 6) is 0.766. The topological polar surface area (TPSA) is 29.9 Å². The van der Waals surface area contributed by atoms with Crippen molar-refractivity contribution in [3.05, 3.63) is 16.4 Å². The van der Waals surface area contributed by atoms with E-state index in [0.717, 1.165) is 28.9 Å². The van der Waals surface area contributed by atoms with Crippen molar-refractivity contribution in [2.45, 2.75) is 53.1 Å². The molecule has 0 fully saturated rings. The van der Waals surface area contributed by atoms with Crippen molar-refractivity contribution in [1.29, 1.82) is 0 Å². The third-order valence-electron chi connectivity index (χ3n) is 3.06. The average Bonchev–Trinajstić information content (AvgIpc) is 2.48. The average molecular weight is 258 g/mol. The van der Waals surface area contributed by atoms with Gasteiger partial charge in [0.1, 0.15) is 0 Å². The molecule has 0 aromatic carbocycles. The second-order valence-corrected chi connectivity index (χ2v) is 5.60. The summed E-state index contributed by atoms with van der Waals surface area (Å²) in [7, 11) is 1.94. The van der Waals surface area contributed by atoms with Crippen molar-refractivity contribution in [2.24, 2.45) is 13.0 Å². The molecule has 98 valence electrons. The smallest absolute Gasteiger partial charge is 0.0860 e. The number of aromatic nitrogens is 2. The highest BCUT2D eigenvalue weighted by Gasteiger charge is 2.11. The predicted molar refractivity (Wildman–Crippen MR) is 73.3 cm³/mol. The van der Waals surface area contributed by atoms with Crippen molar-refractivity contribution in [1.82, 2.24) is 15.1 Å². The number of hydrogen-bond donors (Lipinski definition) is 1. The summed E-state index contributed by atoms with van der Waals surface area (Å²) in [6.45, 7) is 9.46. The molecule has 0 spiro atoms. The number of nitrogens with zero attached hydrogens (tertiary/aromatic N) is 2. The monoisotopic (exact) mass is 257 g/mol. The Morgan fingerprint density at radius 1 is 1.29 bits per heavy atom. The zero-order valence-electron chi connectivity index (χ0n) is 11.5. The van der Waals surface area contributed by atoms with Crippen LogP contribution in [0.25, 0.3) is 0 Å². The van der Waals surface area contributed by atoms with Gasteiger partial charge in [0.05, 0.1) is 16.4 Å². The molecular weight excluding hydrogens is 234 g/mol. The van der Waals surface area contributed by atoms with Crippen LogP contribution in [0.3, 0.4) is 0 Å². The number of nitrogens with one attached hydrogen (secondary N) is 1. The molecule has 0 saturated heterocycles. The molecule has 1 atom stereocenters. The molecule has 1 N–H and O–H groups in total. The van der Waals surface area contributed by atoms with Gasteiger partial charge < -0.3 is 5.32 Å². The molecule has 0 aliphatic carbocycles. The van der Waals surface area contributed by atoms with Gasteiger partial charge in [-0.2, -0.15) is 5.10 Å². The minimum Gasteiger partial charge on any atom is -0.309 e. The van der Waals surface area contributed by atoms with Crippen LogP contribution in [0.15, 0.2) is 0 Å². The van der Waals surface area contributed by atoms with E-state index in [2.05, 4.69) is 31.2 Å². The lowest BCUT2D eigenvalue weighted by atomic mass is 10.0. The van der Waals surface area contributed by atoms with E-state index in [1.165, 1.54) is 12.8 Å². The quantitative estimate of drug-likeness (QED) is 0.848. The molecule has 0 aliphatic heterocycles. The lowest BCUT2D eigenvalue weighted by molar-refractivity contribution is 0.444. The van der Waals surface area contributed by atoms with Crippen LogP contribution in [0, 0.1) is 12.8 Å². The second kappa shape index (κ2) is 6.41. The van der Waals surface area contributed by atoms with Crippen LogP contribution in [0.1, 0.15) is 45.0 Å². The van der Waals surface area contributed by atoms with Crippen LogP contribution in [-0.4, -0.2) is 15.8 Å². The van der Waals surface area contributed by atoms with Gasteiger partial charge in [0.25, 0.3) is 0 Å². The summed E-state index contributed by atoms with van der Waals surface area (Å²) in [6, 6.07) is 0.517. The lowest BCUT2D eigenvalue weighted by Crippen LogP contribution is -2.26. The summed E-state index contributed by atoms with van der Waals surface area (Å²) < 4.78 is 1.86. The highest BCUT2D eigenvalue weighted by atomic mass is 35.5. The number of halogens is 1. The molecule has 0 aliphatic rings. The highest BCUT2D eigenvalue weighted by Crippen LogP contribution is 2.19. The van der Waals surface area contributed by atoms with E-state index in [-0.39, 0.29) is 0 Å². The first-order valence-electron chi connectivity index (χ1n) is 6.33. The molecule has 17 heavy (non-hydrogen) atoms. The van der Waals surface area contributed by atoms with Crippen molar-refractivity contribution < 1.29 is 0 Å². The molecule has 0 bridgehead atoms. The van der Waals surface area contributed by atoms with Gasteiger partial charge in [-0.15, -0.1) is 0 Å². The van der Waals surface area contributed by atoms with Gasteiger partial charge in [0.15, 0.2) is 0 Å². The highest BCUT2D eigenvalue weighted by molar-refractivity contribution is 6.31. The van der Waals surface area contributed by atoms with E-state index in [0.29, 0.717) is 6.04 Å². The Kier molecular flexibility index (Phi) is 5.47. The van der Waals surface area contributed by atoms with Gasteiger partial charge in [0, 0.05) is 19.6 Å². The van der Waals surface area contributed by atoms with Crippen LogP contribution in [-0.2, 0) is 13.6 Å². The van der Waals surface area contributed by atoms with Crippen LogP contribution < -0.4 is 5.32 Å². The van der Waals surface area contributed by atoms with E-state index in [4.69, 9.17) is 11.6 Å². The maximum atomic E-state index is 6.20. The molecule has 1 rings (SSSR count). The summed E-state index contributed by atoms with van der Waals surface area (Å²) >= 11 is 6.20. The van der Waals surface area contributed by atoms with Crippen LogP contribution >= 0.6 is 11.6 Å². The molecular formula is C13H24ClN3. The van der Waals surface area contributed by atoms with Crippen molar-refractivity contribution in [2.75, 3.05) is 0 Å². The first kappa shape index (κ1) is 14.5. The van der Waals surface area contributed by atoms with Crippen LogP contribution in [0.4, 0.5) is 0 Å². The lowest BCUT2D eigenvalue weighted by Gasteiger charge is -2.15. The molecule has 1 unspecified atom stereocenters. The normalized spacial score (nSPS) is 13.4. The summed E-state index contributed by atoms with van der Waals surface area (Å²) in [5, 5.41) is 8.60. The molecule has 3 nitrogen and oxygen atoms in total. The molecule has 0 radical (unpaired) electrons. The third-order valence-corrected chi connectivity index (χ3v) is 3.55. The largest absolute Gasteiger partial charge is 0.309 e. The Morgan fingerprint density at radius 3 is 2.41 bits per heavy atom. The van der Waals surface area contributed by atoms with Crippen LogP contribution in [0.5, 0.6) is 0 Å². The molecule has 4 heteroatoms. The van der Waals surface area contributed by atoms with Crippen molar-refractivity contribution in [3.63, 3.8) is 0 Å². The van der Waals surface area contributed by atoms with Gasteiger partial charge in [-0.25, -0.2) is 0 Å². The second-order valence-electron chi connectivity index (χ2n) is 5.22. The molecule has 1 heterocycles. The van der Waals surface area contributed by atoms with E-state index in [1.807, 2.05) is 18.7 Å². The zero-order valence-corrected chi connectivity index (χ0v) is 12.3. The Balaban J connectivity index is 2.44. The van der Waals surface area contributed by atoms with Gasteiger partial charge in [-0.3, -0.25) is 4.68 Å². The minimum atomic E-state index is 0.517. The molecule has 1 aromatic heterocycles. The van der Waals surface area contributed by atoms with E-state index in [9.17, 15) is 0 Å². The van der Waals surface area contributed by atoms with Crippen molar-refractivity contribution >= 4 is 11.6 Å². The standard InChI is InChI=1S/C13H24ClN3/c1-9(2)6-7-10(3)15-8-12-13(14)11(4)16-17(12)5/h9-10,15H,6-8H2,1-5H3. The number of hydrogen-bond acceptors (Lipinski definition) is 2. The van der Waals surface area contributed by atoms with Gasteiger partial charge in [0.2, 0.25) is 0 Å². The maximum Gasteiger partial charge on any atom is 0.0860 e. The maximum absolute atomic E-state index is 6.20. The Hall–Kier alpha value is -0.540. The molecule has 0 amide bonds. The third kappa shape index (κ3) is 4.32. The van der Waals surface area contributed by atoms with Gasteiger partial charge >= 0.3 is 0 Å². The Labute approximate surface area is 110 Å². The first-order chi connectivity index (χ1) is 7.91. The van der Waals surface area contributed by atoms with E-state index < -0.39 is 0 Å². The number of rotatable bonds is 6. The Bertz CT molecular complexity index is 358. The van der Waals surface area contributed by atoms with Gasteiger partial charge in [-0.05, 0) is 32.6 Å². The van der Waals surface area contributed by atoms with Crippen LogP contribution in [0.2, 0.25) is 5.02 Å². The summed E-state index contributed by atoms with van der Waals surface area (Å²) in [4.78, 5) is 0. The molecule has 0 saturated carbocycles. The predicted octanol–water partition coefficient (Wildman–Crippen LogP) is 3.30. The number of aryl methyl sites for hydroxylation is 2. The molecule has 1 aromatic rings. The summed E-state index contributed by atoms with van der Waals surface area (Å²) in [5.41, 5.74) is 1.97. The van der Waals surface area contributed by atoms with E-state index in [1.54, 1.807) is 0 Å². The first-order valence-corrected chi connectivity index (χ1v) is 6.71. The SMILES string of the molecule is Cc1nn(C)c(CNC(C)CCC(C)C)c1Cl. The zero-order chi connectivity index (χ0) is 13.0. The fraction of sp³-hybridized carbons (Fsp3) is 0.769. The fourth-order valence-electron chi connectivity index (χ4n) is 1.83. The fourth-order valence-corrected chi connectivity index (χ4v) is 2.06. The van der Waals surface area contributed by atoms with Gasteiger partial charge in [-0.1, -0.05) is 25.4 Å².